The Hall–Kier alpha value is -1.84. The fraction of sp³-hybridized carbons (Fsp3) is 0.667. The number of nitrogens with zero attached hydrogens (tertiary/aromatic N) is 2. The Morgan fingerprint density at radius 3 is 2.43 bits per heavy atom. The third-order valence-corrected chi connectivity index (χ3v) is 7.19. The van der Waals surface area contributed by atoms with Crippen molar-refractivity contribution in [3.63, 3.8) is 0 Å². The smallest absolute Gasteiger partial charge is 0.248 e. The number of rotatable bonds is 5. The highest BCUT2D eigenvalue weighted by molar-refractivity contribution is 5.92. The summed E-state index contributed by atoms with van der Waals surface area (Å²) in [6, 6.07) is 10.4. The highest BCUT2D eigenvalue weighted by Gasteiger charge is 2.52. The standard InChI is InChI=1S/C24H34N2O2/c27-22(19-21-11-5-2-6-12-21)26-17-8-15-24(26)14-7-16-25(23(24)28)18-13-20-9-3-1-4-10-20/h1,3-4,9-10,21H,2,5-8,11-19H2. The van der Waals surface area contributed by atoms with Crippen LogP contribution < -0.4 is 0 Å². The van der Waals surface area contributed by atoms with Gasteiger partial charge in [-0.2, -0.15) is 0 Å². The van der Waals surface area contributed by atoms with Crippen molar-refractivity contribution in [3.05, 3.63) is 35.9 Å². The zero-order valence-electron chi connectivity index (χ0n) is 17.1. The molecule has 2 heterocycles. The fourth-order valence-corrected chi connectivity index (χ4v) is 5.66. The van der Waals surface area contributed by atoms with Crippen LogP contribution in [0, 0.1) is 5.92 Å². The molecule has 3 aliphatic rings. The SMILES string of the molecule is O=C(CC1CCCCC1)N1CCCC12CCCN(CCc1ccccc1)C2=O. The maximum Gasteiger partial charge on any atom is 0.248 e. The molecule has 152 valence electrons. The summed E-state index contributed by atoms with van der Waals surface area (Å²) in [4.78, 5) is 30.7. The van der Waals surface area contributed by atoms with E-state index < -0.39 is 5.54 Å². The number of piperidine rings is 1. The van der Waals surface area contributed by atoms with Gasteiger partial charge in [0.25, 0.3) is 0 Å². The minimum atomic E-state index is -0.541. The predicted octanol–water partition coefficient (Wildman–Crippen LogP) is 4.18. The van der Waals surface area contributed by atoms with Crippen molar-refractivity contribution in [3.8, 4) is 0 Å². The Kier molecular flexibility index (Phi) is 6.03. The van der Waals surface area contributed by atoms with Gasteiger partial charge in [-0.3, -0.25) is 9.59 Å². The summed E-state index contributed by atoms with van der Waals surface area (Å²) < 4.78 is 0. The summed E-state index contributed by atoms with van der Waals surface area (Å²) in [5.41, 5.74) is 0.729. The highest BCUT2D eigenvalue weighted by Crippen LogP contribution is 2.39. The number of benzene rings is 1. The van der Waals surface area contributed by atoms with Crippen LogP contribution in [0.3, 0.4) is 0 Å². The van der Waals surface area contributed by atoms with Crippen LogP contribution in [-0.2, 0) is 16.0 Å². The van der Waals surface area contributed by atoms with E-state index in [1.807, 2.05) is 15.9 Å². The van der Waals surface area contributed by atoms with Crippen LogP contribution in [-0.4, -0.2) is 46.8 Å². The van der Waals surface area contributed by atoms with Gasteiger partial charge < -0.3 is 9.80 Å². The largest absolute Gasteiger partial charge is 0.340 e. The molecule has 1 atom stereocenters. The number of hydrogen-bond donors (Lipinski definition) is 0. The molecule has 4 nitrogen and oxygen atoms in total. The molecule has 0 aromatic heterocycles. The van der Waals surface area contributed by atoms with E-state index in [1.54, 1.807) is 0 Å². The van der Waals surface area contributed by atoms with Crippen LogP contribution in [0.4, 0.5) is 0 Å². The molecular weight excluding hydrogens is 348 g/mol. The van der Waals surface area contributed by atoms with Gasteiger partial charge >= 0.3 is 0 Å². The summed E-state index contributed by atoms with van der Waals surface area (Å²) in [5, 5.41) is 0. The maximum atomic E-state index is 13.5. The van der Waals surface area contributed by atoms with Gasteiger partial charge in [0.1, 0.15) is 5.54 Å². The van der Waals surface area contributed by atoms with Crippen molar-refractivity contribution >= 4 is 11.8 Å². The molecule has 3 fully saturated rings. The molecule has 2 amide bonds. The highest BCUT2D eigenvalue weighted by atomic mass is 16.2. The lowest BCUT2D eigenvalue weighted by Crippen LogP contribution is -2.61. The van der Waals surface area contributed by atoms with Crippen molar-refractivity contribution < 1.29 is 9.59 Å². The quantitative estimate of drug-likeness (QED) is 0.766. The van der Waals surface area contributed by atoms with Crippen molar-refractivity contribution in [1.82, 2.24) is 9.80 Å². The van der Waals surface area contributed by atoms with Crippen molar-refractivity contribution in [2.75, 3.05) is 19.6 Å². The van der Waals surface area contributed by atoms with Gasteiger partial charge in [0.05, 0.1) is 0 Å². The average Bonchev–Trinajstić information content (AvgIpc) is 3.15. The van der Waals surface area contributed by atoms with Crippen molar-refractivity contribution in [2.45, 2.75) is 76.2 Å². The molecule has 0 radical (unpaired) electrons. The Labute approximate surface area is 169 Å². The van der Waals surface area contributed by atoms with Gasteiger partial charge in [-0.15, -0.1) is 0 Å². The van der Waals surface area contributed by atoms with E-state index in [9.17, 15) is 9.59 Å². The zero-order valence-corrected chi connectivity index (χ0v) is 17.1. The van der Waals surface area contributed by atoms with E-state index in [1.165, 1.54) is 37.7 Å². The molecular formula is C24H34N2O2. The molecule has 1 aromatic carbocycles. The minimum Gasteiger partial charge on any atom is -0.340 e. The normalized spacial score (nSPS) is 26.2. The van der Waals surface area contributed by atoms with Crippen LogP contribution in [0.25, 0.3) is 0 Å². The monoisotopic (exact) mass is 382 g/mol. The molecule has 1 aliphatic carbocycles. The number of hydrogen-bond acceptors (Lipinski definition) is 2. The minimum absolute atomic E-state index is 0.212. The zero-order chi connectivity index (χ0) is 19.4. The number of likely N-dealkylation sites (tertiary alicyclic amines) is 2. The van der Waals surface area contributed by atoms with E-state index in [2.05, 4.69) is 24.3 Å². The third kappa shape index (κ3) is 3.97. The van der Waals surface area contributed by atoms with E-state index in [0.29, 0.717) is 12.3 Å². The molecule has 1 unspecified atom stereocenters. The average molecular weight is 383 g/mol. The molecule has 0 bridgehead atoms. The molecule has 28 heavy (non-hydrogen) atoms. The Morgan fingerprint density at radius 2 is 1.68 bits per heavy atom. The van der Waals surface area contributed by atoms with Gasteiger partial charge in [-0.05, 0) is 56.4 Å². The molecule has 1 saturated carbocycles. The molecule has 1 aromatic rings. The fourth-order valence-electron chi connectivity index (χ4n) is 5.66. The van der Waals surface area contributed by atoms with Crippen molar-refractivity contribution in [1.29, 1.82) is 0 Å². The molecule has 2 aliphatic heterocycles. The summed E-state index contributed by atoms with van der Waals surface area (Å²) in [6.45, 7) is 2.36. The van der Waals surface area contributed by atoms with Gasteiger partial charge in [0, 0.05) is 26.1 Å². The van der Waals surface area contributed by atoms with E-state index in [4.69, 9.17) is 0 Å². The van der Waals surface area contributed by atoms with E-state index in [-0.39, 0.29) is 11.8 Å². The Balaban J connectivity index is 1.42. The van der Waals surface area contributed by atoms with Gasteiger partial charge in [-0.25, -0.2) is 0 Å². The third-order valence-electron chi connectivity index (χ3n) is 7.19. The lowest BCUT2D eigenvalue weighted by molar-refractivity contribution is -0.155. The predicted molar refractivity (Wildman–Crippen MR) is 111 cm³/mol. The molecule has 4 heteroatoms. The molecule has 4 rings (SSSR count). The van der Waals surface area contributed by atoms with Crippen LogP contribution >= 0.6 is 0 Å². The molecule has 0 N–H and O–H groups in total. The number of carbonyl (C=O) groups excluding carboxylic acids is 2. The Morgan fingerprint density at radius 1 is 0.964 bits per heavy atom. The number of carbonyl (C=O) groups is 2. The van der Waals surface area contributed by atoms with E-state index in [0.717, 1.165) is 51.7 Å². The molecule has 2 saturated heterocycles. The first-order chi connectivity index (χ1) is 13.7. The summed E-state index contributed by atoms with van der Waals surface area (Å²) >= 11 is 0. The summed E-state index contributed by atoms with van der Waals surface area (Å²) in [5.74, 6) is 0.985. The summed E-state index contributed by atoms with van der Waals surface area (Å²) in [7, 11) is 0. The first-order valence-corrected chi connectivity index (χ1v) is 11.3. The maximum absolute atomic E-state index is 13.5. The first-order valence-electron chi connectivity index (χ1n) is 11.3. The van der Waals surface area contributed by atoms with E-state index >= 15 is 0 Å². The van der Waals surface area contributed by atoms with Crippen LogP contribution in [0.5, 0.6) is 0 Å². The lowest BCUT2D eigenvalue weighted by Gasteiger charge is -2.45. The van der Waals surface area contributed by atoms with Crippen LogP contribution in [0.15, 0.2) is 30.3 Å². The number of amides is 2. The topological polar surface area (TPSA) is 40.6 Å². The van der Waals surface area contributed by atoms with Crippen LogP contribution in [0.2, 0.25) is 0 Å². The first kappa shape index (κ1) is 19.5. The molecule has 1 spiro atoms. The van der Waals surface area contributed by atoms with Crippen molar-refractivity contribution in [2.24, 2.45) is 5.92 Å². The second kappa shape index (κ2) is 8.67. The Bertz CT molecular complexity index is 683. The lowest BCUT2D eigenvalue weighted by atomic mass is 9.83. The van der Waals surface area contributed by atoms with Gasteiger partial charge in [-0.1, -0.05) is 49.6 Å². The second-order valence-electron chi connectivity index (χ2n) is 9.02. The summed E-state index contributed by atoms with van der Waals surface area (Å²) in [6.07, 6.45) is 11.4. The van der Waals surface area contributed by atoms with Gasteiger partial charge in [0.2, 0.25) is 11.8 Å². The van der Waals surface area contributed by atoms with Crippen LogP contribution in [0.1, 0.15) is 69.8 Å². The second-order valence-corrected chi connectivity index (χ2v) is 9.02. The van der Waals surface area contributed by atoms with Gasteiger partial charge in [0.15, 0.2) is 0 Å².